The molecule has 0 aliphatic carbocycles. The van der Waals surface area contributed by atoms with Crippen LogP contribution in [0.4, 0.5) is 10.5 Å². The standard InChI is InChI=1S/C16H22N2O2/c1-12-6-3-4-8-14(12)18-15(19)20-11-16(18,2)13-7-5-9-17-10-13/h3-4,6,8,13,17H,5,7,9-11H2,1-2H3. The summed E-state index contributed by atoms with van der Waals surface area (Å²) >= 11 is 0. The average molecular weight is 274 g/mol. The molecule has 1 N–H and O–H groups in total. The summed E-state index contributed by atoms with van der Waals surface area (Å²) in [4.78, 5) is 14.1. The molecule has 2 unspecified atom stereocenters. The minimum Gasteiger partial charge on any atom is -0.447 e. The van der Waals surface area contributed by atoms with Gasteiger partial charge in [0, 0.05) is 6.54 Å². The highest BCUT2D eigenvalue weighted by Crippen LogP contribution is 2.39. The minimum atomic E-state index is -0.253. The van der Waals surface area contributed by atoms with Gasteiger partial charge in [-0.2, -0.15) is 0 Å². The number of cyclic esters (lactones) is 1. The molecule has 1 aromatic carbocycles. The fourth-order valence-corrected chi connectivity index (χ4v) is 3.42. The van der Waals surface area contributed by atoms with Crippen LogP contribution in [0.3, 0.4) is 0 Å². The summed E-state index contributed by atoms with van der Waals surface area (Å²) in [6.07, 6.45) is 2.09. The largest absolute Gasteiger partial charge is 0.447 e. The maximum atomic E-state index is 12.3. The van der Waals surface area contributed by atoms with Crippen molar-refractivity contribution in [2.24, 2.45) is 5.92 Å². The number of para-hydroxylation sites is 1. The Kier molecular flexibility index (Phi) is 3.42. The number of aryl methyl sites for hydroxylation is 1. The molecule has 2 atom stereocenters. The first kappa shape index (κ1) is 13.4. The molecule has 2 aliphatic rings. The molecule has 0 spiro atoms. The number of carbonyl (C=O) groups excluding carboxylic acids is 1. The lowest BCUT2D eigenvalue weighted by molar-refractivity contribution is 0.157. The van der Waals surface area contributed by atoms with Gasteiger partial charge in [-0.05, 0) is 50.8 Å². The van der Waals surface area contributed by atoms with E-state index in [1.165, 1.54) is 0 Å². The molecule has 0 bridgehead atoms. The molecule has 1 amide bonds. The van der Waals surface area contributed by atoms with E-state index in [1.54, 1.807) is 0 Å². The Morgan fingerprint density at radius 3 is 2.90 bits per heavy atom. The van der Waals surface area contributed by atoms with Gasteiger partial charge in [0.2, 0.25) is 0 Å². The van der Waals surface area contributed by atoms with E-state index in [1.807, 2.05) is 36.1 Å². The van der Waals surface area contributed by atoms with E-state index in [0.717, 1.165) is 37.2 Å². The van der Waals surface area contributed by atoms with E-state index in [0.29, 0.717) is 12.5 Å². The highest BCUT2D eigenvalue weighted by molar-refractivity contribution is 5.92. The highest BCUT2D eigenvalue weighted by Gasteiger charge is 2.50. The number of hydrogen-bond acceptors (Lipinski definition) is 3. The molecule has 4 heteroatoms. The molecule has 2 aliphatic heterocycles. The molecule has 3 rings (SSSR count). The van der Waals surface area contributed by atoms with E-state index in [9.17, 15) is 4.79 Å². The minimum absolute atomic E-state index is 0.215. The third kappa shape index (κ3) is 2.08. The Morgan fingerprint density at radius 1 is 1.40 bits per heavy atom. The van der Waals surface area contributed by atoms with Crippen molar-refractivity contribution in [2.75, 3.05) is 24.6 Å². The van der Waals surface area contributed by atoms with Crippen LogP contribution in [0, 0.1) is 12.8 Å². The Bertz CT molecular complexity index is 511. The number of nitrogens with one attached hydrogen (secondary N) is 1. The van der Waals surface area contributed by atoms with E-state index >= 15 is 0 Å². The van der Waals surface area contributed by atoms with E-state index in [4.69, 9.17) is 4.74 Å². The third-order valence-corrected chi connectivity index (χ3v) is 4.71. The fraction of sp³-hybridized carbons (Fsp3) is 0.562. The Labute approximate surface area is 120 Å². The predicted molar refractivity (Wildman–Crippen MR) is 79.0 cm³/mol. The molecular formula is C16H22N2O2. The molecule has 0 aromatic heterocycles. The summed E-state index contributed by atoms with van der Waals surface area (Å²) in [5, 5.41) is 3.44. The molecule has 20 heavy (non-hydrogen) atoms. The van der Waals surface area contributed by atoms with Crippen LogP contribution in [0.1, 0.15) is 25.3 Å². The lowest BCUT2D eigenvalue weighted by Crippen LogP contribution is -2.55. The van der Waals surface area contributed by atoms with Crippen molar-refractivity contribution in [1.82, 2.24) is 5.32 Å². The lowest BCUT2D eigenvalue weighted by atomic mass is 9.80. The fourth-order valence-electron chi connectivity index (χ4n) is 3.42. The molecule has 4 nitrogen and oxygen atoms in total. The van der Waals surface area contributed by atoms with Gasteiger partial charge in [0.05, 0.1) is 11.2 Å². The summed E-state index contributed by atoms with van der Waals surface area (Å²) in [6.45, 7) is 6.70. The van der Waals surface area contributed by atoms with Crippen LogP contribution in [-0.2, 0) is 4.74 Å². The molecule has 1 aromatic rings. The Hall–Kier alpha value is -1.55. The maximum Gasteiger partial charge on any atom is 0.415 e. The van der Waals surface area contributed by atoms with Crippen LogP contribution < -0.4 is 10.2 Å². The van der Waals surface area contributed by atoms with Gasteiger partial charge in [-0.1, -0.05) is 18.2 Å². The number of amides is 1. The number of piperidine rings is 1. The van der Waals surface area contributed by atoms with Gasteiger partial charge in [-0.15, -0.1) is 0 Å². The highest BCUT2D eigenvalue weighted by atomic mass is 16.6. The lowest BCUT2D eigenvalue weighted by Gasteiger charge is -2.41. The van der Waals surface area contributed by atoms with Crippen molar-refractivity contribution in [3.8, 4) is 0 Å². The van der Waals surface area contributed by atoms with Crippen LogP contribution in [-0.4, -0.2) is 31.3 Å². The third-order valence-electron chi connectivity index (χ3n) is 4.71. The van der Waals surface area contributed by atoms with E-state index in [-0.39, 0.29) is 11.6 Å². The van der Waals surface area contributed by atoms with Crippen LogP contribution >= 0.6 is 0 Å². The predicted octanol–water partition coefficient (Wildman–Crippen LogP) is 2.71. The number of rotatable bonds is 2. The topological polar surface area (TPSA) is 41.6 Å². The molecule has 2 fully saturated rings. The quantitative estimate of drug-likeness (QED) is 0.901. The second-order valence-corrected chi connectivity index (χ2v) is 6.08. The summed E-state index contributed by atoms with van der Waals surface area (Å²) in [6, 6.07) is 8.03. The zero-order valence-corrected chi connectivity index (χ0v) is 12.2. The molecule has 108 valence electrons. The molecule has 2 heterocycles. The normalized spacial score (nSPS) is 30.4. The van der Waals surface area contributed by atoms with Crippen molar-refractivity contribution in [3.63, 3.8) is 0 Å². The molecular weight excluding hydrogens is 252 g/mol. The van der Waals surface area contributed by atoms with Gasteiger partial charge in [0.25, 0.3) is 0 Å². The molecule has 0 radical (unpaired) electrons. The van der Waals surface area contributed by atoms with Gasteiger partial charge >= 0.3 is 6.09 Å². The van der Waals surface area contributed by atoms with Crippen molar-refractivity contribution in [2.45, 2.75) is 32.2 Å². The van der Waals surface area contributed by atoms with Crippen LogP contribution in [0.25, 0.3) is 0 Å². The first-order chi connectivity index (χ1) is 9.63. The van der Waals surface area contributed by atoms with Crippen molar-refractivity contribution in [1.29, 1.82) is 0 Å². The van der Waals surface area contributed by atoms with Crippen molar-refractivity contribution in [3.05, 3.63) is 29.8 Å². The first-order valence-corrected chi connectivity index (χ1v) is 7.36. The van der Waals surface area contributed by atoms with Gasteiger partial charge in [-0.25, -0.2) is 4.79 Å². The van der Waals surface area contributed by atoms with Gasteiger partial charge in [0.1, 0.15) is 6.61 Å². The first-order valence-electron chi connectivity index (χ1n) is 7.36. The van der Waals surface area contributed by atoms with Crippen LogP contribution in [0.5, 0.6) is 0 Å². The number of nitrogens with zero attached hydrogens (tertiary/aromatic N) is 1. The molecule has 0 saturated carbocycles. The SMILES string of the molecule is Cc1ccccc1N1C(=O)OCC1(C)C1CCCNC1. The zero-order chi connectivity index (χ0) is 14.2. The van der Waals surface area contributed by atoms with Gasteiger partial charge < -0.3 is 10.1 Å². The van der Waals surface area contributed by atoms with Gasteiger partial charge in [-0.3, -0.25) is 4.90 Å². The second kappa shape index (κ2) is 5.09. The van der Waals surface area contributed by atoms with Crippen LogP contribution in [0.15, 0.2) is 24.3 Å². The van der Waals surface area contributed by atoms with Gasteiger partial charge in [0.15, 0.2) is 0 Å². The molecule has 2 saturated heterocycles. The number of hydrogen-bond donors (Lipinski definition) is 1. The Morgan fingerprint density at radius 2 is 2.20 bits per heavy atom. The number of anilines is 1. The number of carbonyl (C=O) groups is 1. The monoisotopic (exact) mass is 274 g/mol. The summed E-state index contributed by atoms with van der Waals surface area (Å²) in [7, 11) is 0. The number of benzene rings is 1. The number of ether oxygens (including phenoxy) is 1. The summed E-state index contributed by atoms with van der Waals surface area (Å²) in [5.41, 5.74) is 1.83. The summed E-state index contributed by atoms with van der Waals surface area (Å²) in [5.74, 6) is 0.433. The smallest absolute Gasteiger partial charge is 0.415 e. The van der Waals surface area contributed by atoms with Crippen molar-refractivity contribution < 1.29 is 9.53 Å². The Balaban J connectivity index is 1.97. The van der Waals surface area contributed by atoms with Crippen molar-refractivity contribution >= 4 is 11.8 Å². The average Bonchev–Trinajstić information content (AvgIpc) is 2.78. The van der Waals surface area contributed by atoms with Crippen LogP contribution in [0.2, 0.25) is 0 Å². The second-order valence-electron chi connectivity index (χ2n) is 6.08. The maximum absolute atomic E-state index is 12.3. The summed E-state index contributed by atoms with van der Waals surface area (Å²) < 4.78 is 5.40. The van der Waals surface area contributed by atoms with E-state index in [2.05, 4.69) is 12.2 Å². The van der Waals surface area contributed by atoms with E-state index < -0.39 is 0 Å². The zero-order valence-electron chi connectivity index (χ0n) is 12.2.